The Bertz CT molecular complexity index is 2550. The molecule has 9 aromatic rings. The van der Waals surface area contributed by atoms with Crippen molar-refractivity contribution < 1.29 is 4.42 Å². The highest BCUT2D eigenvalue weighted by Crippen LogP contribution is 2.36. The molecule has 5 nitrogen and oxygen atoms in total. The molecule has 0 spiro atoms. The first-order valence-electron chi connectivity index (χ1n) is 14.9. The van der Waals surface area contributed by atoms with Crippen molar-refractivity contribution in [2.75, 3.05) is 0 Å². The largest absolute Gasteiger partial charge is 0.438 e. The molecular formula is C40H24N4O. The van der Waals surface area contributed by atoms with Gasteiger partial charge in [0, 0.05) is 33.7 Å². The van der Waals surface area contributed by atoms with Crippen LogP contribution in [0.3, 0.4) is 0 Å². The van der Waals surface area contributed by atoms with E-state index >= 15 is 0 Å². The third kappa shape index (κ3) is 4.41. The minimum Gasteiger partial charge on any atom is -0.438 e. The standard InChI is InChI=1S/C40H24N4O/c1-3-9-29-23-31(20-16-25(29)7-1)27-14-18-28(19-15-27)37-42-38(32-21-17-26-8-2-4-10-30(26)24-32)44-39(43-37)33-11-5-13-35-36(33)34-12-6-22-41-40(34)45-35/h1-24H. The van der Waals surface area contributed by atoms with Crippen molar-refractivity contribution in [1.82, 2.24) is 19.9 Å². The van der Waals surface area contributed by atoms with Crippen LogP contribution in [0.2, 0.25) is 0 Å². The Labute approximate surface area is 258 Å². The molecule has 0 bridgehead atoms. The number of rotatable bonds is 4. The van der Waals surface area contributed by atoms with Crippen LogP contribution in [0.25, 0.3) is 88.9 Å². The molecular weight excluding hydrogens is 552 g/mol. The van der Waals surface area contributed by atoms with Crippen molar-refractivity contribution in [3.05, 3.63) is 146 Å². The molecule has 0 atom stereocenters. The van der Waals surface area contributed by atoms with Gasteiger partial charge in [0.05, 0.1) is 0 Å². The number of nitrogens with zero attached hydrogens (tertiary/aromatic N) is 4. The Kier molecular flexibility index (Phi) is 5.74. The third-order valence-corrected chi connectivity index (χ3v) is 8.38. The lowest BCUT2D eigenvalue weighted by Crippen LogP contribution is -2.00. The second-order valence-electron chi connectivity index (χ2n) is 11.1. The highest BCUT2D eigenvalue weighted by Gasteiger charge is 2.18. The molecule has 0 unspecified atom stereocenters. The zero-order valence-electron chi connectivity index (χ0n) is 24.1. The number of benzene rings is 6. The molecule has 0 amide bonds. The number of furan rings is 1. The van der Waals surface area contributed by atoms with Gasteiger partial charge in [-0.3, -0.25) is 0 Å². The first-order chi connectivity index (χ1) is 22.3. The summed E-state index contributed by atoms with van der Waals surface area (Å²) in [7, 11) is 0. The van der Waals surface area contributed by atoms with Gasteiger partial charge in [-0.25, -0.2) is 19.9 Å². The second-order valence-corrected chi connectivity index (χ2v) is 11.1. The average Bonchev–Trinajstić information content (AvgIpc) is 3.50. The fraction of sp³-hybridized carbons (Fsp3) is 0. The van der Waals surface area contributed by atoms with E-state index in [0.29, 0.717) is 23.2 Å². The third-order valence-electron chi connectivity index (χ3n) is 8.38. The van der Waals surface area contributed by atoms with E-state index in [0.717, 1.165) is 44.0 Å². The van der Waals surface area contributed by atoms with Crippen LogP contribution >= 0.6 is 0 Å². The van der Waals surface area contributed by atoms with Crippen molar-refractivity contribution in [3.8, 4) is 45.3 Å². The topological polar surface area (TPSA) is 64.7 Å². The first kappa shape index (κ1) is 25.3. The lowest BCUT2D eigenvalue weighted by Gasteiger charge is -2.10. The Morgan fingerprint density at radius 2 is 1.02 bits per heavy atom. The summed E-state index contributed by atoms with van der Waals surface area (Å²) in [5, 5.41) is 6.62. The zero-order valence-corrected chi connectivity index (χ0v) is 24.1. The lowest BCUT2D eigenvalue weighted by molar-refractivity contribution is 0.654. The molecule has 45 heavy (non-hydrogen) atoms. The fourth-order valence-corrected chi connectivity index (χ4v) is 6.11. The number of hydrogen-bond acceptors (Lipinski definition) is 5. The lowest BCUT2D eigenvalue weighted by atomic mass is 10.00. The highest BCUT2D eigenvalue weighted by molar-refractivity contribution is 6.10. The highest BCUT2D eigenvalue weighted by atomic mass is 16.3. The van der Waals surface area contributed by atoms with Gasteiger partial charge in [-0.2, -0.15) is 0 Å². The summed E-state index contributed by atoms with van der Waals surface area (Å²) in [6.45, 7) is 0. The molecule has 0 N–H and O–H groups in total. The molecule has 0 aliphatic rings. The van der Waals surface area contributed by atoms with Gasteiger partial charge >= 0.3 is 0 Å². The molecule has 3 aromatic heterocycles. The van der Waals surface area contributed by atoms with E-state index in [1.54, 1.807) is 6.20 Å². The van der Waals surface area contributed by atoms with Crippen LogP contribution in [0.4, 0.5) is 0 Å². The molecule has 0 saturated carbocycles. The van der Waals surface area contributed by atoms with Gasteiger partial charge in [-0.05, 0) is 63.0 Å². The molecule has 5 heteroatoms. The summed E-state index contributed by atoms with van der Waals surface area (Å²) < 4.78 is 6.09. The van der Waals surface area contributed by atoms with E-state index in [-0.39, 0.29) is 0 Å². The summed E-state index contributed by atoms with van der Waals surface area (Å²) in [5.74, 6) is 1.80. The van der Waals surface area contributed by atoms with E-state index in [1.807, 2.05) is 42.5 Å². The Balaban J connectivity index is 1.21. The van der Waals surface area contributed by atoms with E-state index in [4.69, 9.17) is 19.4 Å². The summed E-state index contributed by atoms with van der Waals surface area (Å²) in [4.78, 5) is 19.6. The monoisotopic (exact) mass is 576 g/mol. The minimum atomic E-state index is 0.582. The average molecular weight is 577 g/mol. The van der Waals surface area contributed by atoms with Crippen LogP contribution in [0, 0.1) is 0 Å². The molecule has 0 aliphatic carbocycles. The van der Waals surface area contributed by atoms with Gasteiger partial charge in [-0.1, -0.05) is 109 Å². The zero-order chi connectivity index (χ0) is 29.7. The van der Waals surface area contributed by atoms with Gasteiger partial charge in [0.15, 0.2) is 17.5 Å². The predicted octanol–water partition coefficient (Wildman–Crippen LogP) is 10.1. The van der Waals surface area contributed by atoms with Crippen LogP contribution in [0.5, 0.6) is 0 Å². The van der Waals surface area contributed by atoms with E-state index in [1.165, 1.54) is 21.7 Å². The number of aromatic nitrogens is 4. The molecule has 3 heterocycles. The Hall–Kier alpha value is -6.20. The van der Waals surface area contributed by atoms with Crippen LogP contribution in [-0.4, -0.2) is 19.9 Å². The maximum absolute atomic E-state index is 6.09. The molecule has 0 saturated heterocycles. The van der Waals surface area contributed by atoms with Gasteiger partial charge in [0.25, 0.3) is 0 Å². The van der Waals surface area contributed by atoms with Crippen LogP contribution in [-0.2, 0) is 0 Å². The quantitative estimate of drug-likeness (QED) is 0.209. The SMILES string of the molecule is c1ccc2cc(-c3ccc(-c4nc(-c5ccc6ccccc6c5)nc(-c5cccc6oc7ncccc7c56)n4)cc3)ccc2c1. The normalized spacial score (nSPS) is 11.6. The maximum Gasteiger partial charge on any atom is 0.227 e. The summed E-state index contributed by atoms with van der Waals surface area (Å²) in [6, 6.07) is 48.0. The Morgan fingerprint density at radius 1 is 0.422 bits per heavy atom. The molecule has 0 fully saturated rings. The van der Waals surface area contributed by atoms with Crippen molar-refractivity contribution in [2.24, 2.45) is 0 Å². The first-order valence-corrected chi connectivity index (χ1v) is 14.9. The summed E-state index contributed by atoms with van der Waals surface area (Å²) in [6.07, 6.45) is 1.74. The second kappa shape index (κ2) is 10.2. The Morgan fingerprint density at radius 3 is 1.78 bits per heavy atom. The smallest absolute Gasteiger partial charge is 0.227 e. The van der Waals surface area contributed by atoms with Gasteiger partial charge in [0.1, 0.15) is 5.58 Å². The van der Waals surface area contributed by atoms with Crippen LogP contribution < -0.4 is 0 Å². The van der Waals surface area contributed by atoms with Crippen LogP contribution in [0.1, 0.15) is 0 Å². The molecule has 9 rings (SSSR count). The predicted molar refractivity (Wildman–Crippen MR) is 182 cm³/mol. The van der Waals surface area contributed by atoms with Gasteiger partial charge < -0.3 is 4.42 Å². The number of fused-ring (bicyclic) bond motifs is 5. The van der Waals surface area contributed by atoms with Crippen molar-refractivity contribution in [1.29, 1.82) is 0 Å². The van der Waals surface area contributed by atoms with Gasteiger partial charge in [0.2, 0.25) is 5.71 Å². The van der Waals surface area contributed by atoms with E-state index < -0.39 is 0 Å². The van der Waals surface area contributed by atoms with Crippen LogP contribution in [0.15, 0.2) is 150 Å². The summed E-state index contributed by atoms with van der Waals surface area (Å²) in [5.41, 5.74) is 6.35. The van der Waals surface area contributed by atoms with Crippen molar-refractivity contribution in [3.63, 3.8) is 0 Å². The number of hydrogen-bond donors (Lipinski definition) is 0. The van der Waals surface area contributed by atoms with E-state index in [2.05, 4.69) is 102 Å². The van der Waals surface area contributed by atoms with Crippen molar-refractivity contribution in [2.45, 2.75) is 0 Å². The number of pyridine rings is 1. The van der Waals surface area contributed by atoms with Gasteiger partial charge in [-0.15, -0.1) is 0 Å². The minimum absolute atomic E-state index is 0.582. The van der Waals surface area contributed by atoms with E-state index in [9.17, 15) is 0 Å². The van der Waals surface area contributed by atoms with Crippen molar-refractivity contribution >= 4 is 43.6 Å². The molecule has 6 aromatic carbocycles. The molecule has 0 aliphatic heterocycles. The molecule has 0 radical (unpaired) electrons. The summed E-state index contributed by atoms with van der Waals surface area (Å²) >= 11 is 0. The maximum atomic E-state index is 6.09. The fourth-order valence-electron chi connectivity index (χ4n) is 6.11. The molecule has 210 valence electrons.